The van der Waals surface area contributed by atoms with Crippen LogP contribution in [0.5, 0.6) is 0 Å². The maximum atomic E-state index is 10.3. The van der Waals surface area contributed by atoms with Crippen LogP contribution in [0, 0.1) is 11.8 Å². The van der Waals surface area contributed by atoms with E-state index in [0.29, 0.717) is 11.5 Å². The second-order valence-electron chi connectivity index (χ2n) is 2.28. The lowest BCUT2D eigenvalue weighted by molar-refractivity contribution is -0.138. The van der Waals surface area contributed by atoms with Crippen LogP contribution >= 0.6 is 23.2 Å². The highest BCUT2D eigenvalue weighted by atomic mass is 35.5. The number of allylic oxidation sites excluding steroid dienone is 1. The van der Waals surface area contributed by atoms with Crippen LogP contribution in [0.25, 0.3) is 0 Å². The van der Waals surface area contributed by atoms with Gasteiger partial charge in [-0.3, -0.25) is 4.79 Å². The van der Waals surface area contributed by atoms with Crippen molar-refractivity contribution in [2.75, 3.05) is 0 Å². The molecule has 1 saturated carbocycles. The van der Waals surface area contributed by atoms with Gasteiger partial charge in [-0.25, -0.2) is 0 Å². The molecule has 1 aliphatic carbocycles. The van der Waals surface area contributed by atoms with E-state index in [0.717, 1.165) is 0 Å². The fourth-order valence-corrected chi connectivity index (χ4v) is 1.26. The fraction of sp³-hybridized carbons (Fsp3) is 0.500. The molecule has 0 aromatic carbocycles. The molecular formula is C6H6Cl2O2. The summed E-state index contributed by atoms with van der Waals surface area (Å²) in [5, 5.41) is 8.89. The minimum Gasteiger partial charge on any atom is -0.481 e. The summed E-state index contributed by atoms with van der Waals surface area (Å²) in [5.41, 5.74) is 1.23. The summed E-state index contributed by atoms with van der Waals surface area (Å²) in [5.74, 6) is -1.12. The number of rotatable bonds is 2. The maximum absolute atomic E-state index is 10.3. The third-order valence-electron chi connectivity index (χ3n) is 1.57. The third-order valence-corrected chi connectivity index (χ3v) is 2.30. The highest BCUT2D eigenvalue weighted by Gasteiger charge is 2.44. The number of carbonyl (C=O) groups is 1. The zero-order valence-electron chi connectivity index (χ0n) is 5.05. The lowest BCUT2D eigenvalue weighted by Gasteiger charge is -1.89. The molecule has 1 fully saturated rings. The maximum Gasteiger partial charge on any atom is 0.307 e. The molecule has 0 aromatic rings. The summed E-state index contributed by atoms with van der Waals surface area (Å²) in [7, 11) is 0. The molecule has 1 rings (SSSR count). The first-order chi connectivity index (χ1) is 4.66. The molecule has 2 atom stereocenters. The summed E-state index contributed by atoms with van der Waals surface area (Å²) < 4.78 is 0. The molecule has 0 radical (unpaired) electrons. The van der Waals surface area contributed by atoms with Crippen molar-refractivity contribution in [1.82, 2.24) is 0 Å². The topological polar surface area (TPSA) is 37.3 Å². The monoisotopic (exact) mass is 180 g/mol. The van der Waals surface area contributed by atoms with Crippen molar-refractivity contribution in [1.29, 1.82) is 0 Å². The Morgan fingerprint density at radius 3 is 2.50 bits per heavy atom. The average molecular weight is 181 g/mol. The smallest absolute Gasteiger partial charge is 0.307 e. The van der Waals surface area contributed by atoms with E-state index in [2.05, 4.69) is 0 Å². The van der Waals surface area contributed by atoms with Gasteiger partial charge in [-0.2, -0.15) is 0 Å². The molecular weight excluding hydrogens is 175 g/mol. The van der Waals surface area contributed by atoms with Crippen LogP contribution in [0.3, 0.4) is 0 Å². The molecule has 0 heterocycles. The molecule has 2 unspecified atom stereocenters. The number of hydrogen-bond acceptors (Lipinski definition) is 1. The van der Waals surface area contributed by atoms with E-state index in [9.17, 15) is 4.79 Å². The molecule has 1 aliphatic rings. The molecule has 2 nitrogen and oxygen atoms in total. The van der Waals surface area contributed by atoms with Gasteiger partial charge in [-0.15, -0.1) is 0 Å². The second-order valence-corrected chi connectivity index (χ2v) is 2.94. The van der Waals surface area contributed by atoms with Gasteiger partial charge < -0.3 is 5.11 Å². The van der Waals surface area contributed by atoms with Gasteiger partial charge in [0.1, 0.15) is 0 Å². The Morgan fingerprint density at radius 1 is 1.60 bits per heavy atom. The highest BCUT2D eigenvalue weighted by molar-refractivity contribution is 6.37. The fourth-order valence-electron chi connectivity index (χ4n) is 0.854. The molecule has 0 bridgehead atoms. The van der Waals surface area contributed by atoms with Crippen LogP contribution in [-0.2, 0) is 4.79 Å². The lowest BCUT2D eigenvalue weighted by Crippen LogP contribution is -1.99. The number of hydrogen-bond donors (Lipinski definition) is 1. The Bertz CT molecular complexity index is 188. The summed E-state index contributed by atoms with van der Waals surface area (Å²) in [6.45, 7) is 0. The van der Waals surface area contributed by atoms with Gasteiger partial charge in [0, 0.05) is 16.5 Å². The van der Waals surface area contributed by atoms with Gasteiger partial charge in [0.25, 0.3) is 0 Å². The molecule has 0 aliphatic heterocycles. The minimum absolute atomic E-state index is 0.0309. The van der Waals surface area contributed by atoms with E-state index in [1.54, 1.807) is 0 Å². The highest BCUT2D eigenvalue weighted by Crippen LogP contribution is 2.45. The molecule has 56 valence electrons. The second kappa shape index (κ2) is 2.81. The molecule has 10 heavy (non-hydrogen) atoms. The number of halogens is 2. The van der Waals surface area contributed by atoms with Crippen molar-refractivity contribution >= 4 is 29.2 Å². The van der Waals surface area contributed by atoms with E-state index in [1.165, 1.54) is 5.54 Å². The molecule has 0 spiro atoms. The molecule has 1 N–H and O–H groups in total. The van der Waals surface area contributed by atoms with Crippen LogP contribution in [0.4, 0.5) is 0 Å². The van der Waals surface area contributed by atoms with Crippen molar-refractivity contribution < 1.29 is 9.90 Å². The van der Waals surface area contributed by atoms with E-state index in [1.807, 2.05) is 0 Å². The van der Waals surface area contributed by atoms with Gasteiger partial charge in [0.15, 0.2) is 0 Å². The van der Waals surface area contributed by atoms with E-state index < -0.39 is 5.97 Å². The lowest BCUT2D eigenvalue weighted by atomic mass is 10.3. The molecule has 4 heteroatoms. The van der Waals surface area contributed by atoms with Crippen LogP contribution in [-0.4, -0.2) is 11.1 Å². The molecule has 0 amide bonds. The zero-order chi connectivity index (χ0) is 7.72. The summed E-state index contributed by atoms with van der Waals surface area (Å²) in [6, 6.07) is 0. The van der Waals surface area contributed by atoms with Gasteiger partial charge in [-0.1, -0.05) is 23.2 Å². The van der Waals surface area contributed by atoms with Crippen molar-refractivity contribution in [2.45, 2.75) is 6.42 Å². The normalized spacial score (nSPS) is 32.0. The van der Waals surface area contributed by atoms with Crippen molar-refractivity contribution in [2.24, 2.45) is 11.8 Å². The summed E-state index contributed by atoms with van der Waals surface area (Å²) in [6.07, 6.45) is 0.622. The Hall–Kier alpha value is -0.210. The number of carboxylic acids is 1. The largest absolute Gasteiger partial charge is 0.481 e. The van der Waals surface area contributed by atoms with E-state index in [4.69, 9.17) is 28.3 Å². The Balaban J connectivity index is 2.46. The molecule has 0 saturated heterocycles. The van der Waals surface area contributed by atoms with Gasteiger partial charge in [0.2, 0.25) is 0 Å². The van der Waals surface area contributed by atoms with Crippen LogP contribution in [0.1, 0.15) is 6.42 Å². The van der Waals surface area contributed by atoms with E-state index in [-0.39, 0.29) is 11.8 Å². The van der Waals surface area contributed by atoms with Crippen molar-refractivity contribution in [3.8, 4) is 0 Å². The van der Waals surface area contributed by atoms with E-state index >= 15 is 0 Å². The first-order valence-corrected chi connectivity index (χ1v) is 3.67. The zero-order valence-corrected chi connectivity index (χ0v) is 6.56. The average Bonchev–Trinajstić information content (AvgIpc) is 2.64. The summed E-state index contributed by atoms with van der Waals surface area (Å²) in [4.78, 5) is 10.3. The molecule has 0 aromatic heterocycles. The standard InChI is InChI=1S/C6H6Cl2O2/c7-2-5(8)3-1-4(3)6(9)10/h2-4H,1H2,(H,9,10). The first kappa shape index (κ1) is 7.89. The number of carboxylic acid groups (broad SMARTS) is 1. The summed E-state index contributed by atoms with van der Waals surface area (Å²) >= 11 is 10.8. The Labute approximate surface area is 68.4 Å². The van der Waals surface area contributed by atoms with Crippen LogP contribution < -0.4 is 0 Å². The third kappa shape index (κ3) is 1.44. The number of aliphatic carboxylic acids is 1. The van der Waals surface area contributed by atoms with Crippen molar-refractivity contribution in [3.63, 3.8) is 0 Å². The Morgan fingerprint density at radius 2 is 2.20 bits per heavy atom. The first-order valence-electron chi connectivity index (χ1n) is 2.85. The van der Waals surface area contributed by atoms with Crippen molar-refractivity contribution in [3.05, 3.63) is 10.6 Å². The predicted molar refractivity (Wildman–Crippen MR) is 39.0 cm³/mol. The van der Waals surface area contributed by atoms with Gasteiger partial charge in [-0.05, 0) is 6.42 Å². The van der Waals surface area contributed by atoms with Gasteiger partial charge in [0.05, 0.1) is 5.92 Å². The minimum atomic E-state index is -0.790. The van der Waals surface area contributed by atoms with Crippen LogP contribution in [0.2, 0.25) is 0 Å². The SMILES string of the molecule is O=C(O)C1CC1C(Cl)=CCl. The van der Waals surface area contributed by atoms with Crippen LogP contribution in [0.15, 0.2) is 10.6 Å². The predicted octanol–water partition coefficient (Wildman–Crippen LogP) is 2.03. The Kier molecular flexibility index (Phi) is 2.21. The quantitative estimate of drug-likeness (QED) is 0.707. The van der Waals surface area contributed by atoms with Gasteiger partial charge >= 0.3 is 5.97 Å².